The van der Waals surface area contributed by atoms with E-state index in [2.05, 4.69) is 35.2 Å². The Kier molecular flexibility index (Phi) is 5.87. The van der Waals surface area contributed by atoms with Crippen molar-refractivity contribution in [2.24, 2.45) is 0 Å². The summed E-state index contributed by atoms with van der Waals surface area (Å²) in [6.07, 6.45) is 5.33. The van der Waals surface area contributed by atoms with Crippen molar-refractivity contribution in [2.75, 3.05) is 24.2 Å². The van der Waals surface area contributed by atoms with Crippen LogP contribution in [0, 0.1) is 0 Å². The molecule has 0 atom stereocenters. The molecule has 0 aliphatic carbocycles. The second kappa shape index (κ2) is 8.69. The number of anilines is 1. The van der Waals surface area contributed by atoms with Gasteiger partial charge in [-0.05, 0) is 71.5 Å². The molecule has 5 rings (SSSR count). The second-order valence-corrected chi connectivity index (χ2v) is 11.9. The van der Waals surface area contributed by atoms with Gasteiger partial charge in [0.25, 0.3) is 0 Å². The van der Waals surface area contributed by atoms with Gasteiger partial charge in [0.1, 0.15) is 11.4 Å². The van der Waals surface area contributed by atoms with E-state index in [0.717, 1.165) is 66.2 Å². The Bertz CT molecular complexity index is 1250. The van der Waals surface area contributed by atoms with Crippen molar-refractivity contribution in [3.8, 4) is 16.9 Å². The number of nitrogens with zero attached hydrogens (tertiary/aromatic N) is 1. The third-order valence-electron chi connectivity index (χ3n) is 6.82. The van der Waals surface area contributed by atoms with E-state index < -0.39 is 9.84 Å². The Morgan fingerprint density at radius 1 is 0.909 bits per heavy atom. The Hall–Kier alpha value is -2.50. The lowest BCUT2D eigenvalue weighted by atomic mass is 9.82. The molecule has 1 spiro atoms. The molecule has 0 unspecified atom stereocenters. The van der Waals surface area contributed by atoms with Crippen LogP contribution in [0.15, 0.2) is 66.7 Å². The fourth-order valence-electron chi connectivity index (χ4n) is 4.97. The van der Waals surface area contributed by atoms with Gasteiger partial charge in [-0.25, -0.2) is 8.42 Å². The number of piperidine rings is 1. The molecule has 1 saturated heterocycles. The summed E-state index contributed by atoms with van der Waals surface area (Å²) in [4.78, 5) is 2.41. The molecule has 3 aromatic rings. The summed E-state index contributed by atoms with van der Waals surface area (Å²) >= 11 is 6.03. The lowest BCUT2D eigenvalue weighted by molar-refractivity contribution is 0.0226. The van der Waals surface area contributed by atoms with Gasteiger partial charge in [-0.15, -0.1) is 0 Å². The van der Waals surface area contributed by atoms with Crippen molar-refractivity contribution < 1.29 is 13.2 Å². The predicted octanol–water partition coefficient (Wildman–Crippen LogP) is 5.92. The molecule has 0 aromatic heterocycles. The first-order valence-corrected chi connectivity index (χ1v) is 13.8. The van der Waals surface area contributed by atoms with Crippen LogP contribution in [0.4, 0.5) is 5.69 Å². The second-order valence-electron chi connectivity index (χ2n) is 9.34. The van der Waals surface area contributed by atoms with Gasteiger partial charge >= 0.3 is 0 Å². The van der Waals surface area contributed by atoms with E-state index in [1.807, 2.05) is 36.4 Å². The number of aryl methyl sites for hydroxylation is 1. The fraction of sp³-hybridized carbons (Fsp3) is 0.333. The van der Waals surface area contributed by atoms with E-state index in [9.17, 15) is 8.42 Å². The van der Waals surface area contributed by atoms with Crippen LogP contribution < -0.4 is 9.64 Å². The molecule has 172 valence electrons. The van der Waals surface area contributed by atoms with Crippen molar-refractivity contribution in [1.82, 2.24) is 0 Å². The highest BCUT2D eigenvalue weighted by molar-refractivity contribution is 7.89. The highest BCUT2D eigenvalue weighted by Crippen LogP contribution is 2.41. The molecule has 4 nitrogen and oxygen atoms in total. The third-order valence-corrected chi connectivity index (χ3v) is 7.93. The molecule has 33 heavy (non-hydrogen) atoms. The first kappa shape index (κ1) is 22.3. The molecule has 0 saturated carbocycles. The average Bonchev–Trinajstić information content (AvgIpc) is 2.79. The zero-order valence-electron chi connectivity index (χ0n) is 18.8. The van der Waals surface area contributed by atoms with Crippen molar-refractivity contribution in [3.05, 3.63) is 82.9 Å². The molecular formula is C27H28ClNO3S. The molecule has 3 aromatic carbocycles. The zero-order chi connectivity index (χ0) is 23.1. The molecule has 2 aliphatic rings. The lowest BCUT2D eigenvalue weighted by Crippen LogP contribution is -2.49. The first-order chi connectivity index (χ1) is 15.8. The van der Waals surface area contributed by atoms with Crippen LogP contribution in [0.3, 0.4) is 0 Å². The summed E-state index contributed by atoms with van der Waals surface area (Å²) in [5.74, 6) is 1.07. The summed E-state index contributed by atoms with van der Waals surface area (Å²) in [7, 11) is -3.03. The smallest absolute Gasteiger partial charge is 0.151 e. The Morgan fingerprint density at radius 2 is 1.58 bits per heavy atom. The van der Waals surface area contributed by atoms with Gasteiger partial charge in [0, 0.05) is 42.9 Å². The van der Waals surface area contributed by atoms with E-state index in [1.165, 1.54) is 17.5 Å². The summed E-state index contributed by atoms with van der Waals surface area (Å²) in [5, 5.41) is 0.767. The van der Waals surface area contributed by atoms with Crippen LogP contribution in [-0.4, -0.2) is 33.4 Å². The van der Waals surface area contributed by atoms with Crippen LogP contribution in [0.5, 0.6) is 5.75 Å². The van der Waals surface area contributed by atoms with Gasteiger partial charge < -0.3 is 9.64 Å². The third kappa shape index (κ3) is 5.04. The van der Waals surface area contributed by atoms with Crippen molar-refractivity contribution in [2.45, 2.75) is 37.0 Å². The number of fused-ring (bicyclic) bond motifs is 1. The number of ether oxygens (including phenoxy) is 1. The van der Waals surface area contributed by atoms with Crippen LogP contribution in [0.25, 0.3) is 11.1 Å². The molecule has 2 aliphatic heterocycles. The molecule has 2 heterocycles. The van der Waals surface area contributed by atoms with Crippen molar-refractivity contribution in [3.63, 3.8) is 0 Å². The number of benzene rings is 3. The van der Waals surface area contributed by atoms with Crippen molar-refractivity contribution >= 4 is 27.1 Å². The summed E-state index contributed by atoms with van der Waals surface area (Å²) in [5.41, 5.74) is 5.43. The maximum Gasteiger partial charge on any atom is 0.151 e. The Labute approximate surface area is 201 Å². The normalized spacial score (nSPS) is 17.5. The van der Waals surface area contributed by atoms with Gasteiger partial charge in [-0.1, -0.05) is 41.9 Å². The number of hydrogen-bond acceptors (Lipinski definition) is 4. The molecule has 6 heteroatoms. The van der Waals surface area contributed by atoms with Crippen molar-refractivity contribution in [1.29, 1.82) is 0 Å². The minimum absolute atomic E-state index is 0.0723. The number of halogens is 1. The Balaban J connectivity index is 1.27. The predicted molar refractivity (Wildman–Crippen MR) is 135 cm³/mol. The molecule has 0 amide bonds. The van der Waals surface area contributed by atoms with Gasteiger partial charge in [0.15, 0.2) is 9.84 Å². The summed E-state index contributed by atoms with van der Waals surface area (Å²) in [6.45, 7) is 1.96. The zero-order valence-corrected chi connectivity index (χ0v) is 20.3. The highest BCUT2D eigenvalue weighted by Gasteiger charge is 2.39. The van der Waals surface area contributed by atoms with Crippen LogP contribution in [0.2, 0.25) is 5.02 Å². The number of hydrogen-bond donors (Lipinski definition) is 0. The summed E-state index contributed by atoms with van der Waals surface area (Å²) < 4.78 is 29.7. The minimum atomic E-state index is -3.03. The Morgan fingerprint density at radius 3 is 2.24 bits per heavy atom. The van der Waals surface area contributed by atoms with Gasteiger partial charge in [-0.2, -0.15) is 0 Å². The lowest BCUT2D eigenvalue weighted by Gasteiger charge is -2.45. The molecular weight excluding hydrogens is 454 g/mol. The SMILES string of the molecule is CS(=O)(=O)Cc1ccc(-c2ccc3c(c2)CCC2(CCN(c4ccc(Cl)cc4)CC2)O3)cc1. The van der Waals surface area contributed by atoms with Gasteiger partial charge in [0.05, 0.1) is 5.75 Å². The largest absolute Gasteiger partial charge is 0.487 e. The quantitative estimate of drug-likeness (QED) is 0.464. The van der Waals surface area contributed by atoms with E-state index in [-0.39, 0.29) is 11.4 Å². The van der Waals surface area contributed by atoms with E-state index in [0.29, 0.717) is 0 Å². The molecule has 0 N–H and O–H groups in total. The molecule has 0 bridgehead atoms. The van der Waals surface area contributed by atoms with Crippen LogP contribution in [-0.2, 0) is 22.0 Å². The maximum atomic E-state index is 11.5. The highest BCUT2D eigenvalue weighted by atomic mass is 35.5. The first-order valence-electron chi connectivity index (χ1n) is 11.4. The van der Waals surface area contributed by atoms with E-state index in [4.69, 9.17) is 16.3 Å². The minimum Gasteiger partial charge on any atom is -0.487 e. The standard InChI is InChI=1S/C27H28ClNO3S/c1-33(30,31)19-20-2-4-21(5-3-20)22-6-11-26-23(18-22)12-13-27(32-26)14-16-29(17-15-27)25-9-7-24(28)8-10-25/h2-11,18H,12-17,19H2,1H3. The summed E-state index contributed by atoms with van der Waals surface area (Å²) in [6, 6.07) is 22.3. The number of sulfone groups is 1. The molecule has 1 fully saturated rings. The molecule has 0 radical (unpaired) electrons. The monoisotopic (exact) mass is 481 g/mol. The van der Waals surface area contributed by atoms with Gasteiger partial charge in [0.2, 0.25) is 0 Å². The van der Waals surface area contributed by atoms with E-state index >= 15 is 0 Å². The fourth-order valence-corrected chi connectivity index (χ4v) is 5.90. The average molecular weight is 482 g/mol. The topological polar surface area (TPSA) is 46.6 Å². The van der Waals surface area contributed by atoms with Crippen LogP contribution in [0.1, 0.15) is 30.4 Å². The van der Waals surface area contributed by atoms with Gasteiger partial charge in [-0.3, -0.25) is 0 Å². The maximum absolute atomic E-state index is 11.5. The van der Waals surface area contributed by atoms with E-state index in [1.54, 1.807) is 0 Å². The number of rotatable bonds is 4. The van der Waals surface area contributed by atoms with Crippen LogP contribution >= 0.6 is 11.6 Å².